The largest absolute Gasteiger partial charge is 0.438 e. The van der Waals surface area contributed by atoms with Gasteiger partial charge in [0.05, 0.1) is 6.54 Å². The van der Waals surface area contributed by atoms with Crippen molar-refractivity contribution < 1.29 is 14.1 Å². The van der Waals surface area contributed by atoms with Gasteiger partial charge in [0.25, 0.3) is 5.91 Å². The molecule has 1 heterocycles. The lowest BCUT2D eigenvalue weighted by molar-refractivity contribution is 0.0949. The molecule has 0 unspecified atom stereocenters. The minimum absolute atomic E-state index is 0.0523. The molecule has 1 aromatic heterocycles. The molecule has 0 saturated carbocycles. The number of carbonyl (C=O) groups is 2. The van der Waals surface area contributed by atoms with Crippen LogP contribution in [-0.2, 0) is 13.1 Å². The van der Waals surface area contributed by atoms with Crippen LogP contribution in [0.2, 0.25) is 0 Å². The first kappa shape index (κ1) is 15.3. The maximum absolute atomic E-state index is 11.9. The van der Waals surface area contributed by atoms with Crippen molar-refractivity contribution >= 4 is 11.9 Å². The summed E-state index contributed by atoms with van der Waals surface area (Å²) in [6, 6.07) is 6.19. The number of amides is 3. The van der Waals surface area contributed by atoms with Crippen molar-refractivity contribution in [1.29, 1.82) is 0 Å². The van der Waals surface area contributed by atoms with Crippen molar-refractivity contribution in [3.05, 3.63) is 51.8 Å². The number of nitrogens with one attached hydrogen (secondary N) is 2. The van der Waals surface area contributed by atoms with Crippen molar-refractivity contribution in [2.75, 3.05) is 7.05 Å². The third-order valence-corrected chi connectivity index (χ3v) is 2.91. The number of nitrogens with zero attached hydrogens (tertiary/aromatic N) is 2. The van der Waals surface area contributed by atoms with Crippen molar-refractivity contribution in [1.82, 2.24) is 20.4 Å². The molecule has 0 fully saturated rings. The first-order valence-corrected chi connectivity index (χ1v) is 6.38. The van der Waals surface area contributed by atoms with Crippen LogP contribution in [0.3, 0.4) is 0 Å². The van der Waals surface area contributed by atoms with E-state index < -0.39 is 11.8 Å². The maximum Gasteiger partial charge on any atom is 0.438 e. The number of hydrogen-bond donors (Lipinski definition) is 3. The van der Waals surface area contributed by atoms with E-state index in [0.717, 1.165) is 5.56 Å². The Labute approximate surface area is 125 Å². The van der Waals surface area contributed by atoms with Crippen LogP contribution in [0.1, 0.15) is 21.7 Å². The molecule has 2 rings (SSSR count). The van der Waals surface area contributed by atoms with Gasteiger partial charge in [-0.15, -0.1) is 0 Å². The van der Waals surface area contributed by atoms with Gasteiger partial charge in [0.15, 0.2) is 5.82 Å². The van der Waals surface area contributed by atoms with Crippen LogP contribution in [0.25, 0.3) is 0 Å². The van der Waals surface area contributed by atoms with E-state index in [1.165, 1.54) is 4.90 Å². The molecule has 0 aliphatic rings. The Morgan fingerprint density at radius 1 is 1.36 bits per heavy atom. The topological polar surface area (TPSA) is 134 Å². The minimum Gasteiger partial charge on any atom is -0.351 e. The molecule has 0 atom stereocenters. The molecule has 0 bridgehead atoms. The van der Waals surface area contributed by atoms with Gasteiger partial charge in [0.1, 0.15) is 0 Å². The standard InChI is InChI=1S/C13H15N5O4/c1-18(12(14)20)7-8-2-4-9(5-3-8)11(19)15-6-10-16-13(21)22-17-10/h2-5H,6-7H2,1H3,(H2,14,20)(H,15,19)(H,16,17,21). The van der Waals surface area contributed by atoms with E-state index in [1.54, 1.807) is 31.3 Å². The Hall–Kier alpha value is -3.10. The van der Waals surface area contributed by atoms with Gasteiger partial charge in [-0.25, -0.2) is 9.59 Å². The second-order valence-corrected chi connectivity index (χ2v) is 4.62. The van der Waals surface area contributed by atoms with Crippen LogP contribution < -0.4 is 16.8 Å². The Morgan fingerprint density at radius 2 is 2.05 bits per heavy atom. The molecule has 2 aromatic rings. The second kappa shape index (κ2) is 6.57. The number of H-pyrrole nitrogens is 1. The summed E-state index contributed by atoms with van der Waals surface area (Å²) in [4.78, 5) is 37.3. The van der Waals surface area contributed by atoms with Crippen LogP contribution >= 0.6 is 0 Å². The Kier molecular flexibility index (Phi) is 4.57. The number of hydrogen-bond acceptors (Lipinski definition) is 5. The molecule has 0 saturated heterocycles. The molecule has 1 aromatic carbocycles. The highest BCUT2D eigenvalue weighted by Crippen LogP contribution is 2.07. The Bertz CT molecular complexity index is 719. The molecule has 116 valence electrons. The second-order valence-electron chi connectivity index (χ2n) is 4.62. The fourth-order valence-corrected chi connectivity index (χ4v) is 1.72. The Morgan fingerprint density at radius 3 is 2.59 bits per heavy atom. The number of primary amides is 1. The highest BCUT2D eigenvalue weighted by Gasteiger charge is 2.08. The molecule has 0 radical (unpaired) electrons. The summed E-state index contributed by atoms with van der Waals surface area (Å²) in [5.41, 5.74) is 6.43. The summed E-state index contributed by atoms with van der Waals surface area (Å²) in [5.74, 6) is -0.760. The highest BCUT2D eigenvalue weighted by atomic mass is 16.5. The van der Waals surface area contributed by atoms with Crippen LogP contribution in [0.4, 0.5) is 4.79 Å². The fraction of sp³-hybridized carbons (Fsp3) is 0.231. The van der Waals surface area contributed by atoms with Crippen molar-refractivity contribution in [3.63, 3.8) is 0 Å². The van der Waals surface area contributed by atoms with E-state index >= 15 is 0 Å². The van der Waals surface area contributed by atoms with Gasteiger partial charge in [-0.05, 0) is 17.7 Å². The number of aromatic amines is 1. The number of benzene rings is 1. The lowest BCUT2D eigenvalue weighted by Crippen LogP contribution is -2.31. The summed E-state index contributed by atoms with van der Waals surface area (Å²) in [7, 11) is 1.58. The zero-order valence-electron chi connectivity index (χ0n) is 11.8. The third kappa shape index (κ3) is 3.95. The highest BCUT2D eigenvalue weighted by molar-refractivity contribution is 5.94. The molecule has 9 nitrogen and oxygen atoms in total. The maximum atomic E-state index is 11.9. The summed E-state index contributed by atoms with van der Waals surface area (Å²) in [6.45, 7) is 0.411. The molecule has 0 spiro atoms. The average Bonchev–Trinajstić information content (AvgIpc) is 2.91. The van der Waals surface area contributed by atoms with Gasteiger partial charge < -0.3 is 16.0 Å². The van der Waals surface area contributed by atoms with Gasteiger partial charge in [-0.3, -0.25) is 14.3 Å². The summed E-state index contributed by atoms with van der Waals surface area (Å²) in [5, 5.41) is 6.03. The van der Waals surface area contributed by atoms with Crippen LogP contribution in [0.15, 0.2) is 33.6 Å². The zero-order valence-corrected chi connectivity index (χ0v) is 11.8. The quantitative estimate of drug-likeness (QED) is 0.703. The van der Waals surface area contributed by atoms with Gasteiger partial charge >= 0.3 is 11.8 Å². The molecule has 0 aliphatic heterocycles. The van der Waals surface area contributed by atoms with E-state index in [1.807, 2.05) is 0 Å². The predicted octanol–water partition coefficient (Wildman–Crippen LogP) is -0.197. The number of rotatable bonds is 5. The van der Waals surface area contributed by atoms with E-state index in [9.17, 15) is 14.4 Å². The van der Waals surface area contributed by atoms with Crippen molar-refractivity contribution in [2.45, 2.75) is 13.1 Å². The van der Waals surface area contributed by atoms with E-state index in [4.69, 9.17) is 5.73 Å². The van der Waals surface area contributed by atoms with Crippen LogP contribution in [0, 0.1) is 0 Å². The molecule has 4 N–H and O–H groups in total. The molecular weight excluding hydrogens is 290 g/mol. The minimum atomic E-state index is -0.674. The smallest absolute Gasteiger partial charge is 0.351 e. The SMILES string of the molecule is CN(Cc1ccc(C(=O)NCc2noc(=O)[nH]2)cc1)C(N)=O. The summed E-state index contributed by atoms with van der Waals surface area (Å²) >= 11 is 0. The molecule has 9 heteroatoms. The third-order valence-electron chi connectivity index (χ3n) is 2.91. The van der Waals surface area contributed by atoms with Gasteiger partial charge in [-0.2, -0.15) is 0 Å². The normalized spacial score (nSPS) is 10.2. The van der Waals surface area contributed by atoms with Crippen LogP contribution in [-0.4, -0.2) is 34.0 Å². The lowest BCUT2D eigenvalue weighted by atomic mass is 10.1. The molecular formula is C13H15N5O4. The van der Waals surface area contributed by atoms with Gasteiger partial charge in [-0.1, -0.05) is 17.3 Å². The molecule has 3 amide bonds. The van der Waals surface area contributed by atoms with Crippen molar-refractivity contribution in [3.8, 4) is 0 Å². The lowest BCUT2D eigenvalue weighted by Gasteiger charge is -2.14. The number of nitrogens with two attached hydrogens (primary N) is 1. The number of aromatic nitrogens is 2. The Balaban J connectivity index is 1.93. The molecule has 22 heavy (non-hydrogen) atoms. The molecule has 0 aliphatic carbocycles. The predicted molar refractivity (Wildman–Crippen MR) is 75.8 cm³/mol. The number of urea groups is 1. The number of carbonyl (C=O) groups excluding carboxylic acids is 2. The zero-order chi connectivity index (χ0) is 16.1. The van der Waals surface area contributed by atoms with E-state index in [2.05, 4.69) is 20.0 Å². The average molecular weight is 305 g/mol. The summed E-state index contributed by atoms with van der Waals surface area (Å²) < 4.78 is 4.32. The van der Waals surface area contributed by atoms with Gasteiger partial charge in [0, 0.05) is 19.2 Å². The van der Waals surface area contributed by atoms with Gasteiger partial charge in [0.2, 0.25) is 0 Å². The fourth-order valence-electron chi connectivity index (χ4n) is 1.72. The monoisotopic (exact) mass is 305 g/mol. The van der Waals surface area contributed by atoms with E-state index in [0.29, 0.717) is 12.1 Å². The first-order chi connectivity index (χ1) is 10.5. The van der Waals surface area contributed by atoms with Crippen molar-refractivity contribution in [2.24, 2.45) is 5.73 Å². The van der Waals surface area contributed by atoms with E-state index in [-0.39, 0.29) is 18.3 Å². The summed E-state index contributed by atoms with van der Waals surface area (Å²) in [6.07, 6.45) is 0. The van der Waals surface area contributed by atoms with Crippen LogP contribution in [0.5, 0.6) is 0 Å². The first-order valence-electron chi connectivity index (χ1n) is 6.38.